The van der Waals surface area contributed by atoms with Gasteiger partial charge in [0.05, 0.1) is 39.1 Å². The zero-order valence-electron chi connectivity index (χ0n) is 11.8. The molecular weight excluding hydrogens is 260 g/mol. The molecule has 0 spiro atoms. The Morgan fingerprint density at radius 1 is 1.05 bits per heavy atom. The minimum atomic E-state index is -0.317. The number of benzene rings is 1. The Morgan fingerprint density at radius 2 is 1.70 bits per heavy atom. The van der Waals surface area contributed by atoms with Crippen LogP contribution in [0.2, 0.25) is 0 Å². The third-order valence-electron chi connectivity index (χ3n) is 2.74. The topological polar surface area (TPSA) is 65.0 Å². The molecule has 5 nitrogen and oxygen atoms in total. The van der Waals surface area contributed by atoms with Gasteiger partial charge in [0.1, 0.15) is 0 Å². The van der Waals surface area contributed by atoms with E-state index in [4.69, 9.17) is 14.6 Å². The summed E-state index contributed by atoms with van der Waals surface area (Å²) in [4.78, 5) is 11.3. The second-order valence-electron chi connectivity index (χ2n) is 4.24. The molecular formula is C15H22O5. The van der Waals surface area contributed by atoms with E-state index in [9.17, 15) is 4.79 Å². The predicted octanol–water partition coefficient (Wildman–Crippen LogP) is 1.43. The number of esters is 1. The van der Waals surface area contributed by atoms with Gasteiger partial charge in [0.2, 0.25) is 0 Å². The van der Waals surface area contributed by atoms with Gasteiger partial charge in [0, 0.05) is 6.61 Å². The summed E-state index contributed by atoms with van der Waals surface area (Å²) in [6.07, 6.45) is 1.82. The van der Waals surface area contributed by atoms with E-state index in [-0.39, 0.29) is 12.6 Å². The van der Waals surface area contributed by atoms with Crippen molar-refractivity contribution in [2.24, 2.45) is 0 Å². The van der Waals surface area contributed by atoms with Crippen molar-refractivity contribution in [3.63, 3.8) is 0 Å². The molecule has 5 heteroatoms. The van der Waals surface area contributed by atoms with Crippen LogP contribution in [-0.2, 0) is 20.6 Å². The van der Waals surface area contributed by atoms with Gasteiger partial charge in [-0.3, -0.25) is 0 Å². The Balaban J connectivity index is 2.11. The zero-order chi connectivity index (χ0) is 14.6. The van der Waals surface area contributed by atoms with Crippen molar-refractivity contribution in [2.75, 3.05) is 40.1 Å². The fraction of sp³-hybridized carbons (Fsp3) is 0.533. The van der Waals surface area contributed by atoms with Gasteiger partial charge in [0.15, 0.2) is 0 Å². The Morgan fingerprint density at radius 3 is 2.30 bits per heavy atom. The molecule has 0 heterocycles. The van der Waals surface area contributed by atoms with E-state index in [1.165, 1.54) is 7.11 Å². The SMILES string of the molecule is COC(=O)c1ccc(CCCOCCOCCO)cc1. The molecule has 1 N–H and O–H groups in total. The molecule has 0 aliphatic heterocycles. The number of hydrogen-bond acceptors (Lipinski definition) is 5. The lowest BCUT2D eigenvalue weighted by molar-refractivity contribution is 0.0326. The Bertz CT molecular complexity index is 374. The van der Waals surface area contributed by atoms with Crippen molar-refractivity contribution < 1.29 is 24.1 Å². The molecule has 1 aromatic carbocycles. The Labute approximate surface area is 119 Å². The van der Waals surface area contributed by atoms with Gasteiger partial charge in [-0.2, -0.15) is 0 Å². The third-order valence-corrected chi connectivity index (χ3v) is 2.74. The van der Waals surface area contributed by atoms with Crippen LogP contribution in [0.4, 0.5) is 0 Å². The predicted molar refractivity (Wildman–Crippen MR) is 74.8 cm³/mol. The molecule has 0 amide bonds. The number of rotatable bonds is 10. The highest BCUT2D eigenvalue weighted by Gasteiger charge is 2.03. The average molecular weight is 282 g/mol. The van der Waals surface area contributed by atoms with Gasteiger partial charge >= 0.3 is 5.97 Å². The highest BCUT2D eigenvalue weighted by Crippen LogP contribution is 2.07. The maximum absolute atomic E-state index is 11.3. The number of aryl methyl sites for hydroxylation is 1. The number of carbonyl (C=O) groups excluding carboxylic acids is 1. The van der Waals surface area contributed by atoms with Crippen molar-refractivity contribution in [3.8, 4) is 0 Å². The van der Waals surface area contributed by atoms with Crippen LogP contribution >= 0.6 is 0 Å². The van der Waals surface area contributed by atoms with Crippen LogP contribution in [-0.4, -0.2) is 51.2 Å². The van der Waals surface area contributed by atoms with Crippen LogP contribution in [0, 0.1) is 0 Å². The molecule has 0 aliphatic carbocycles. The third kappa shape index (κ3) is 6.65. The fourth-order valence-electron chi connectivity index (χ4n) is 1.69. The van der Waals surface area contributed by atoms with Gasteiger partial charge in [0.25, 0.3) is 0 Å². The van der Waals surface area contributed by atoms with E-state index in [1.807, 2.05) is 12.1 Å². The molecule has 0 aromatic heterocycles. The van der Waals surface area contributed by atoms with Crippen LogP contribution < -0.4 is 0 Å². The summed E-state index contributed by atoms with van der Waals surface area (Å²) < 4.78 is 15.1. The molecule has 0 saturated carbocycles. The molecule has 0 fully saturated rings. The second-order valence-corrected chi connectivity index (χ2v) is 4.24. The van der Waals surface area contributed by atoms with Crippen LogP contribution in [0.25, 0.3) is 0 Å². The molecule has 1 rings (SSSR count). The lowest BCUT2D eigenvalue weighted by Crippen LogP contribution is -2.08. The maximum atomic E-state index is 11.3. The van der Waals surface area contributed by atoms with E-state index >= 15 is 0 Å². The molecule has 20 heavy (non-hydrogen) atoms. The maximum Gasteiger partial charge on any atom is 0.337 e. The normalized spacial score (nSPS) is 10.5. The number of aliphatic hydroxyl groups is 1. The van der Waals surface area contributed by atoms with E-state index in [0.29, 0.717) is 32.0 Å². The minimum Gasteiger partial charge on any atom is -0.465 e. The molecule has 0 aliphatic rings. The van der Waals surface area contributed by atoms with Crippen molar-refractivity contribution in [1.29, 1.82) is 0 Å². The fourth-order valence-corrected chi connectivity index (χ4v) is 1.69. The van der Waals surface area contributed by atoms with Gasteiger partial charge in [-0.1, -0.05) is 12.1 Å². The highest BCUT2D eigenvalue weighted by atomic mass is 16.5. The molecule has 112 valence electrons. The lowest BCUT2D eigenvalue weighted by atomic mass is 10.1. The second kappa shape index (κ2) is 10.4. The largest absolute Gasteiger partial charge is 0.465 e. The van der Waals surface area contributed by atoms with Gasteiger partial charge in [-0.15, -0.1) is 0 Å². The van der Waals surface area contributed by atoms with Crippen molar-refractivity contribution in [1.82, 2.24) is 0 Å². The standard InChI is InChI=1S/C15H22O5/c1-18-15(17)14-6-4-13(5-7-14)3-2-9-19-11-12-20-10-8-16/h4-7,16H,2-3,8-12H2,1H3. The highest BCUT2D eigenvalue weighted by molar-refractivity contribution is 5.89. The van der Waals surface area contributed by atoms with E-state index < -0.39 is 0 Å². The van der Waals surface area contributed by atoms with Crippen molar-refractivity contribution in [3.05, 3.63) is 35.4 Å². The Kier molecular flexibility index (Phi) is 8.62. The summed E-state index contributed by atoms with van der Waals surface area (Å²) in [6.45, 7) is 2.12. The zero-order valence-corrected chi connectivity index (χ0v) is 11.8. The van der Waals surface area contributed by atoms with Crippen LogP contribution in [0.15, 0.2) is 24.3 Å². The smallest absolute Gasteiger partial charge is 0.337 e. The van der Waals surface area contributed by atoms with E-state index in [0.717, 1.165) is 18.4 Å². The van der Waals surface area contributed by atoms with Crippen molar-refractivity contribution >= 4 is 5.97 Å². The summed E-state index contributed by atoms with van der Waals surface area (Å²) in [5.74, 6) is -0.317. The lowest BCUT2D eigenvalue weighted by Gasteiger charge is -2.05. The Hall–Kier alpha value is -1.43. The minimum absolute atomic E-state index is 0.0432. The number of aliphatic hydroxyl groups excluding tert-OH is 1. The summed E-state index contributed by atoms with van der Waals surface area (Å²) in [5, 5.41) is 8.51. The van der Waals surface area contributed by atoms with Gasteiger partial charge in [-0.05, 0) is 30.5 Å². The molecule has 0 saturated heterocycles. The van der Waals surface area contributed by atoms with Crippen LogP contribution in [0.3, 0.4) is 0 Å². The van der Waals surface area contributed by atoms with Gasteiger partial charge in [-0.25, -0.2) is 4.79 Å². The van der Waals surface area contributed by atoms with Gasteiger partial charge < -0.3 is 19.3 Å². The summed E-state index contributed by atoms with van der Waals surface area (Å²) in [7, 11) is 1.37. The van der Waals surface area contributed by atoms with Crippen LogP contribution in [0.5, 0.6) is 0 Å². The first-order valence-corrected chi connectivity index (χ1v) is 6.71. The first kappa shape index (κ1) is 16.6. The van der Waals surface area contributed by atoms with Crippen molar-refractivity contribution in [2.45, 2.75) is 12.8 Å². The number of carbonyl (C=O) groups is 1. The number of hydrogen-bond donors (Lipinski definition) is 1. The molecule has 0 unspecified atom stereocenters. The monoisotopic (exact) mass is 282 g/mol. The first-order chi connectivity index (χ1) is 9.77. The summed E-state index contributed by atoms with van der Waals surface area (Å²) in [6, 6.07) is 7.39. The average Bonchev–Trinajstić information content (AvgIpc) is 2.50. The molecule has 0 bridgehead atoms. The van der Waals surface area contributed by atoms with E-state index in [1.54, 1.807) is 12.1 Å². The number of ether oxygens (including phenoxy) is 3. The molecule has 1 aromatic rings. The first-order valence-electron chi connectivity index (χ1n) is 6.71. The summed E-state index contributed by atoms with van der Waals surface area (Å²) in [5.41, 5.74) is 1.73. The van der Waals surface area contributed by atoms with Crippen LogP contribution in [0.1, 0.15) is 22.3 Å². The molecule has 0 atom stereocenters. The van der Waals surface area contributed by atoms with E-state index in [2.05, 4.69) is 4.74 Å². The summed E-state index contributed by atoms with van der Waals surface area (Å²) >= 11 is 0. The quantitative estimate of drug-likeness (QED) is 0.519. The molecule has 0 radical (unpaired) electrons. The number of methoxy groups -OCH3 is 1.